The summed E-state index contributed by atoms with van der Waals surface area (Å²) in [5.74, 6) is 0.646. The van der Waals surface area contributed by atoms with Gasteiger partial charge in [0.15, 0.2) is 0 Å². The van der Waals surface area contributed by atoms with Gasteiger partial charge in [0.25, 0.3) is 5.91 Å². The fourth-order valence-electron chi connectivity index (χ4n) is 3.65. The Morgan fingerprint density at radius 3 is 2.46 bits per heavy atom. The molecule has 0 unspecified atom stereocenters. The largest absolute Gasteiger partial charge is 0.307 e. The highest BCUT2D eigenvalue weighted by atomic mass is 35.5. The Labute approximate surface area is 169 Å². The van der Waals surface area contributed by atoms with E-state index in [9.17, 15) is 4.79 Å². The molecule has 1 N–H and O–H groups in total. The zero-order valence-corrected chi connectivity index (χ0v) is 16.3. The first-order chi connectivity index (χ1) is 13.7. The summed E-state index contributed by atoms with van der Waals surface area (Å²) in [6.45, 7) is 2.93. The Balaban J connectivity index is 1.36. The molecular formula is C22H23ClN4O. The highest BCUT2D eigenvalue weighted by Crippen LogP contribution is 2.26. The molecule has 0 bridgehead atoms. The van der Waals surface area contributed by atoms with Crippen LogP contribution in [-0.4, -0.2) is 33.7 Å². The average Bonchev–Trinajstić information content (AvgIpc) is 3.19. The van der Waals surface area contributed by atoms with Gasteiger partial charge < -0.3 is 5.32 Å². The van der Waals surface area contributed by atoms with E-state index in [-0.39, 0.29) is 5.91 Å². The van der Waals surface area contributed by atoms with E-state index in [1.54, 1.807) is 6.20 Å². The molecule has 0 saturated carbocycles. The summed E-state index contributed by atoms with van der Waals surface area (Å²) in [5, 5.41) is 8.24. The van der Waals surface area contributed by atoms with Gasteiger partial charge in [-0.2, -0.15) is 5.10 Å². The third kappa shape index (κ3) is 4.43. The molecule has 1 fully saturated rings. The molecule has 2 aromatic carbocycles. The number of nitrogens with one attached hydrogen (secondary N) is 1. The highest BCUT2D eigenvalue weighted by molar-refractivity contribution is 6.30. The van der Waals surface area contributed by atoms with E-state index in [1.165, 1.54) is 5.56 Å². The maximum atomic E-state index is 12.5. The number of hydrogen-bond acceptors (Lipinski definition) is 3. The number of hydrogen-bond donors (Lipinski definition) is 1. The number of anilines is 1. The molecule has 1 saturated heterocycles. The SMILES string of the molecule is O=C(Nc1ccnn1C1CCN(Cc2ccc(Cl)cc2)CC1)c1ccccc1. The van der Waals surface area contributed by atoms with Crippen molar-refractivity contribution in [2.75, 3.05) is 18.4 Å². The van der Waals surface area contributed by atoms with Crippen LogP contribution in [0.3, 0.4) is 0 Å². The van der Waals surface area contributed by atoms with E-state index in [0.29, 0.717) is 11.6 Å². The summed E-state index contributed by atoms with van der Waals surface area (Å²) in [5.41, 5.74) is 1.92. The summed E-state index contributed by atoms with van der Waals surface area (Å²) in [4.78, 5) is 14.9. The average molecular weight is 395 g/mol. The standard InChI is InChI=1S/C22H23ClN4O/c23-19-8-6-17(7-9-19)16-26-14-11-20(12-15-26)27-21(10-13-24-27)25-22(28)18-4-2-1-3-5-18/h1-10,13,20H,11-12,14-16H2,(H,25,28). The van der Waals surface area contributed by atoms with Crippen LogP contribution in [-0.2, 0) is 6.54 Å². The van der Waals surface area contributed by atoms with Crippen LogP contribution < -0.4 is 5.32 Å². The molecule has 1 aliphatic heterocycles. The lowest BCUT2D eigenvalue weighted by molar-refractivity contribution is 0.102. The first kappa shape index (κ1) is 18.7. The fraction of sp³-hybridized carbons (Fsp3) is 0.273. The van der Waals surface area contributed by atoms with Crippen molar-refractivity contribution in [1.29, 1.82) is 0 Å². The van der Waals surface area contributed by atoms with Gasteiger partial charge in [0.05, 0.1) is 12.2 Å². The second-order valence-corrected chi connectivity index (χ2v) is 7.55. The highest BCUT2D eigenvalue weighted by Gasteiger charge is 2.23. The van der Waals surface area contributed by atoms with Gasteiger partial charge in [0, 0.05) is 36.3 Å². The minimum Gasteiger partial charge on any atom is -0.307 e. The molecule has 0 aliphatic carbocycles. The van der Waals surface area contributed by atoms with E-state index in [4.69, 9.17) is 11.6 Å². The van der Waals surface area contributed by atoms with Crippen molar-refractivity contribution >= 4 is 23.3 Å². The van der Waals surface area contributed by atoms with Crippen LogP contribution >= 0.6 is 11.6 Å². The topological polar surface area (TPSA) is 50.2 Å². The maximum Gasteiger partial charge on any atom is 0.256 e. The lowest BCUT2D eigenvalue weighted by atomic mass is 10.0. The zero-order chi connectivity index (χ0) is 19.3. The predicted octanol–water partition coefficient (Wildman–Crippen LogP) is 4.63. The van der Waals surface area contributed by atoms with Crippen molar-refractivity contribution < 1.29 is 4.79 Å². The number of rotatable bonds is 5. The number of aromatic nitrogens is 2. The second-order valence-electron chi connectivity index (χ2n) is 7.11. The number of benzene rings is 2. The third-order valence-electron chi connectivity index (χ3n) is 5.17. The van der Waals surface area contributed by atoms with Crippen LogP contribution in [0.4, 0.5) is 5.82 Å². The van der Waals surface area contributed by atoms with Crippen LogP contribution in [0.2, 0.25) is 5.02 Å². The summed E-state index contributed by atoms with van der Waals surface area (Å²) < 4.78 is 1.96. The van der Waals surface area contributed by atoms with E-state index in [0.717, 1.165) is 43.3 Å². The minimum atomic E-state index is -0.109. The molecule has 3 aromatic rings. The quantitative estimate of drug-likeness (QED) is 0.686. The van der Waals surface area contributed by atoms with Gasteiger partial charge in [-0.3, -0.25) is 9.69 Å². The minimum absolute atomic E-state index is 0.109. The molecule has 6 heteroatoms. The summed E-state index contributed by atoms with van der Waals surface area (Å²) in [6.07, 6.45) is 3.76. The lowest BCUT2D eigenvalue weighted by Crippen LogP contribution is -2.35. The van der Waals surface area contributed by atoms with Crippen LogP contribution in [0.15, 0.2) is 66.9 Å². The maximum absolute atomic E-state index is 12.5. The molecule has 28 heavy (non-hydrogen) atoms. The molecular weight excluding hydrogens is 372 g/mol. The number of carbonyl (C=O) groups is 1. The van der Waals surface area contributed by atoms with Crippen LogP contribution in [0.1, 0.15) is 34.8 Å². The Hall–Kier alpha value is -2.63. The van der Waals surface area contributed by atoms with Crippen LogP contribution in [0, 0.1) is 0 Å². The van der Waals surface area contributed by atoms with E-state index in [1.807, 2.05) is 53.2 Å². The first-order valence-corrected chi connectivity index (χ1v) is 9.93. The molecule has 1 amide bonds. The van der Waals surface area contributed by atoms with Crippen LogP contribution in [0.25, 0.3) is 0 Å². The van der Waals surface area contributed by atoms with Crippen molar-refractivity contribution in [2.45, 2.75) is 25.4 Å². The Kier molecular flexibility index (Phi) is 5.74. The number of likely N-dealkylation sites (tertiary alicyclic amines) is 1. The molecule has 0 radical (unpaired) electrons. The van der Waals surface area contributed by atoms with Gasteiger partial charge in [-0.15, -0.1) is 0 Å². The third-order valence-corrected chi connectivity index (χ3v) is 5.42. The Morgan fingerprint density at radius 2 is 1.75 bits per heavy atom. The smallest absolute Gasteiger partial charge is 0.256 e. The van der Waals surface area contributed by atoms with E-state index >= 15 is 0 Å². The van der Waals surface area contributed by atoms with Crippen molar-refractivity contribution in [3.63, 3.8) is 0 Å². The number of halogens is 1. The molecule has 0 spiro atoms. The molecule has 0 atom stereocenters. The van der Waals surface area contributed by atoms with Gasteiger partial charge in [-0.05, 0) is 42.7 Å². The van der Waals surface area contributed by atoms with Crippen molar-refractivity contribution in [1.82, 2.24) is 14.7 Å². The monoisotopic (exact) mass is 394 g/mol. The lowest BCUT2D eigenvalue weighted by Gasteiger charge is -2.32. The Morgan fingerprint density at radius 1 is 1.04 bits per heavy atom. The van der Waals surface area contributed by atoms with Crippen LogP contribution in [0.5, 0.6) is 0 Å². The molecule has 5 nitrogen and oxygen atoms in total. The molecule has 2 heterocycles. The second kappa shape index (κ2) is 8.59. The molecule has 1 aromatic heterocycles. The molecule has 4 rings (SSSR count). The summed E-state index contributed by atoms with van der Waals surface area (Å²) >= 11 is 5.97. The Bertz CT molecular complexity index is 915. The van der Waals surface area contributed by atoms with Crippen molar-refractivity contribution in [3.05, 3.63) is 83.0 Å². The predicted molar refractivity (Wildman–Crippen MR) is 112 cm³/mol. The number of carbonyl (C=O) groups excluding carboxylic acids is 1. The van der Waals surface area contributed by atoms with Crippen molar-refractivity contribution in [3.8, 4) is 0 Å². The number of amides is 1. The van der Waals surface area contributed by atoms with E-state index in [2.05, 4.69) is 27.4 Å². The van der Waals surface area contributed by atoms with Crippen molar-refractivity contribution in [2.24, 2.45) is 0 Å². The van der Waals surface area contributed by atoms with E-state index < -0.39 is 0 Å². The molecule has 144 valence electrons. The van der Waals surface area contributed by atoms with Gasteiger partial charge in [-0.1, -0.05) is 41.9 Å². The number of piperidine rings is 1. The zero-order valence-electron chi connectivity index (χ0n) is 15.6. The summed E-state index contributed by atoms with van der Waals surface area (Å²) in [6, 6.07) is 19.5. The fourth-order valence-corrected chi connectivity index (χ4v) is 3.78. The van der Waals surface area contributed by atoms with Gasteiger partial charge in [0.2, 0.25) is 0 Å². The normalized spacial score (nSPS) is 15.5. The van der Waals surface area contributed by atoms with Gasteiger partial charge in [0.1, 0.15) is 5.82 Å². The number of nitrogens with zero attached hydrogens (tertiary/aromatic N) is 3. The van der Waals surface area contributed by atoms with Gasteiger partial charge >= 0.3 is 0 Å². The summed E-state index contributed by atoms with van der Waals surface area (Å²) in [7, 11) is 0. The molecule has 1 aliphatic rings. The van der Waals surface area contributed by atoms with Gasteiger partial charge in [-0.25, -0.2) is 4.68 Å². The first-order valence-electron chi connectivity index (χ1n) is 9.56.